The molecule has 0 aliphatic carbocycles. The molecule has 0 rings (SSSR count). The van der Waals surface area contributed by atoms with Crippen molar-refractivity contribution in [3.8, 4) is 0 Å². The van der Waals surface area contributed by atoms with Crippen LogP contribution in [-0.2, 0) is 36.8 Å². The minimum Gasteiger partial charge on any atom is -0.554 e. The van der Waals surface area contributed by atoms with Crippen molar-refractivity contribution in [2.45, 2.75) is 0 Å². The molecule has 0 aliphatic heterocycles. The van der Waals surface area contributed by atoms with Gasteiger partial charge in [0.15, 0.2) is 0 Å². The number of rotatable bonds is 0. The van der Waals surface area contributed by atoms with Crippen LogP contribution in [0.2, 0.25) is 0 Å². The standard InChI is InChI=1S/3CH2O2.Nb/c3*2-1-3;/h3*1H,(H,2,3);/q;;;+3/p-3. The van der Waals surface area contributed by atoms with Gasteiger partial charge in [0.25, 0.3) is 0 Å². The van der Waals surface area contributed by atoms with Gasteiger partial charge in [0, 0.05) is 19.4 Å². The largest absolute Gasteiger partial charge is 3.00 e. The summed E-state index contributed by atoms with van der Waals surface area (Å²) in [6.07, 6.45) is 0. The monoisotopic (exact) mass is 228 g/mol. The van der Waals surface area contributed by atoms with E-state index >= 15 is 0 Å². The first-order valence-corrected chi connectivity index (χ1v) is 1.41. The quantitative estimate of drug-likeness (QED) is 0.302. The summed E-state index contributed by atoms with van der Waals surface area (Å²) >= 11 is 0. The summed E-state index contributed by atoms with van der Waals surface area (Å²) in [6.45, 7) is -1.50. The maximum atomic E-state index is 8.25. The first kappa shape index (κ1) is 22.9. The molecule has 0 aromatic heterocycles. The van der Waals surface area contributed by atoms with Gasteiger partial charge in [-0.05, 0) is 0 Å². The minimum absolute atomic E-state index is 0. The molecule has 56 valence electrons. The van der Waals surface area contributed by atoms with Crippen molar-refractivity contribution in [1.29, 1.82) is 0 Å². The Balaban J connectivity index is -0.0000000257. The van der Waals surface area contributed by atoms with Crippen LogP contribution >= 0.6 is 0 Å². The Hall–Kier alpha value is -0.850. The number of carboxylic acid groups (broad SMARTS) is 3. The van der Waals surface area contributed by atoms with Crippen molar-refractivity contribution in [2.75, 3.05) is 0 Å². The van der Waals surface area contributed by atoms with Crippen LogP contribution in [0.15, 0.2) is 0 Å². The first-order chi connectivity index (χ1) is 4.24. The summed E-state index contributed by atoms with van der Waals surface area (Å²) in [4.78, 5) is 24.8. The van der Waals surface area contributed by atoms with Gasteiger partial charge in [0.1, 0.15) is 0 Å². The molecular formula is C3H3NbO6. The van der Waals surface area contributed by atoms with Gasteiger partial charge in [-0.3, -0.25) is 0 Å². The molecule has 0 aromatic rings. The zero-order valence-corrected chi connectivity index (χ0v) is 6.83. The third kappa shape index (κ3) is 375. The fourth-order valence-corrected chi connectivity index (χ4v) is 0. The van der Waals surface area contributed by atoms with Crippen molar-refractivity contribution in [1.82, 2.24) is 0 Å². The molecule has 0 radical (unpaired) electrons. The maximum absolute atomic E-state index is 8.25. The third-order valence-electron chi connectivity index (χ3n) is 0. The van der Waals surface area contributed by atoms with E-state index in [1.165, 1.54) is 0 Å². The van der Waals surface area contributed by atoms with E-state index in [4.69, 9.17) is 29.7 Å². The van der Waals surface area contributed by atoms with Crippen LogP contribution in [0.25, 0.3) is 0 Å². The van der Waals surface area contributed by atoms with Gasteiger partial charge in [-0.1, -0.05) is 0 Å². The molecule has 0 aromatic carbocycles. The van der Waals surface area contributed by atoms with Crippen molar-refractivity contribution in [3.05, 3.63) is 0 Å². The number of carbonyl (C=O) groups excluding carboxylic acids is 3. The zero-order valence-electron chi connectivity index (χ0n) is 4.63. The van der Waals surface area contributed by atoms with Crippen LogP contribution in [0.1, 0.15) is 0 Å². The van der Waals surface area contributed by atoms with Gasteiger partial charge in [-0.15, -0.1) is 0 Å². The summed E-state index contributed by atoms with van der Waals surface area (Å²) in [6, 6.07) is 0. The molecule has 0 amide bonds. The van der Waals surface area contributed by atoms with Crippen molar-refractivity contribution in [3.63, 3.8) is 0 Å². The average molecular weight is 228 g/mol. The van der Waals surface area contributed by atoms with Crippen LogP contribution in [-0.4, -0.2) is 19.4 Å². The maximum Gasteiger partial charge on any atom is 3.00 e. The summed E-state index contributed by atoms with van der Waals surface area (Å²) in [5.74, 6) is 0. The van der Waals surface area contributed by atoms with E-state index in [-0.39, 0.29) is 22.4 Å². The fraction of sp³-hybridized carbons (Fsp3) is 0. The van der Waals surface area contributed by atoms with Crippen molar-refractivity contribution < 1.29 is 52.1 Å². The zero-order chi connectivity index (χ0) is 8.12. The molecule has 6 nitrogen and oxygen atoms in total. The van der Waals surface area contributed by atoms with E-state index in [1.807, 2.05) is 0 Å². The molecule has 0 fully saturated rings. The number of hydrogen-bond donors (Lipinski definition) is 0. The normalized spacial score (nSPS) is 3.60. The number of hydrogen-bond acceptors (Lipinski definition) is 6. The van der Waals surface area contributed by atoms with Crippen LogP contribution in [0.4, 0.5) is 0 Å². The Bertz CT molecular complexity index is 49.7. The Morgan fingerprint density at radius 1 is 0.700 bits per heavy atom. The fourth-order valence-electron chi connectivity index (χ4n) is 0. The Morgan fingerprint density at radius 3 is 0.700 bits per heavy atom. The van der Waals surface area contributed by atoms with Crippen LogP contribution in [0.5, 0.6) is 0 Å². The van der Waals surface area contributed by atoms with Gasteiger partial charge in [-0.25, -0.2) is 0 Å². The van der Waals surface area contributed by atoms with Crippen molar-refractivity contribution >= 4 is 19.4 Å². The molecule has 0 N–H and O–H groups in total. The molecule has 0 spiro atoms. The molecule has 0 unspecified atom stereocenters. The van der Waals surface area contributed by atoms with E-state index in [2.05, 4.69) is 0 Å². The van der Waals surface area contributed by atoms with E-state index < -0.39 is 19.4 Å². The van der Waals surface area contributed by atoms with Gasteiger partial charge in [0.05, 0.1) is 0 Å². The van der Waals surface area contributed by atoms with Crippen LogP contribution < -0.4 is 15.3 Å². The Kier molecular flexibility index (Phi) is 207. The molecular weight excluding hydrogens is 225 g/mol. The van der Waals surface area contributed by atoms with Crippen molar-refractivity contribution in [2.24, 2.45) is 0 Å². The van der Waals surface area contributed by atoms with E-state index in [9.17, 15) is 0 Å². The smallest absolute Gasteiger partial charge is 0.554 e. The minimum atomic E-state index is -0.500. The van der Waals surface area contributed by atoms with Crippen LogP contribution in [0.3, 0.4) is 0 Å². The summed E-state index contributed by atoms with van der Waals surface area (Å²) < 4.78 is 0. The summed E-state index contributed by atoms with van der Waals surface area (Å²) in [7, 11) is 0. The second-order valence-electron chi connectivity index (χ2n) is 0.289. The van der Waals surface area contributed by atoms with Gasteiger partial charge in [-0.2, -0.15) is 0 Å². The molecule has 10 heavy (non-hydrogen) atoms. The molecule has 0 saturated heterocycles. The molecule has 0 heterocycles. The topological polar surface area (TPSA) is 120 Å². The molecule has 7 heteroatoms. The van der Waals surface area contributed by atoms with E-state index in [0.29, 0.717) is 0 Å². The molecule has 0 saturated carbocycles. The van der Waals surface area contributed by atoms with Gasteiger partial charge >= 0.3 is 22.4 Å². The second-order valence-corrected chi connectivity index (χ2v) is 0.289. The molecule has 0 aliphatic rings. The second kappa shape index (κ2) is 90.1. The molecule has 0 bridgehead atoms. The average Bonchev–Trinajstić information content (AvgIpc) is 1.70. The Labute approximate surface area is 72.0 Å². The number of carbonyl (C=O) groups is 3. The Morgan fingerprint density at radius 2 is 0.700 bits per heavy atom. The van der Waals surface area contributed by atoms with Crippen LogP contribution in [0, 0.1) is 0 Å². The summed E-state index contributed by atoms with van der Waals surface area (Å²) in [5.41, 5.74) is 0. The summed E-state index contributed by atoms with van der Waals surface area (Å²) in [5, 5.41) is 24.8. The SMILES string of the molecule is O=C[O-].O=C[O-].O=C[O-].[Nb+3]. The van der Waals surface area contributed by atoms with Gasteiger partial charge < -0.3 is 29.7 Å². The first-order valence-electron chi connectivity index (χ1n) is 1.41. The van der Waals surface area contributed by atoms with E-state index in [1.54, 1.807) is 0 Å². The third-order valence-corrected chi connectivity index (χ3v) is 0. The predicted molar refractivity (Wildman–Crippen MR) is 18.2 cm³/mol. The van der Waals surface area contributed by atoms with Gasteiger partial charge in [0.2, 0.25) is 0 Å². The van der Waals surface area contributed by atoms with E-state index in [0.717, 1.165) is 0 Å². The predicted octanol–water partition coefficient (Wildman–Crippen LogP) is -4.90. The molecule has 0 atom stereocenters.